The number of para-hydroxylation sites is 1. The molecule has 0 saturated heterocycles. The van der Waals surface area contributed by atoms with Gasteiger partial charge in [-0.2, -0.15) is 0 Å². The summed E-state index contributed by atoms with van der Waals surface area (Å²) in [4.78, 5) is 23.9. The number of benzene rings is 1. The molecule has 0 spiro atoms. The Balaban J connectivity index is 1.93. The summed E-state index contributed by atoms with van der Waals surface area (Å²) in [6.07, 6.45) is 1.96. The van der Waals surface area contributed by atoms with E-state index in [-0.39, 0.29) is 24.4 Å². The Bertz CT molecular complexity index is 555. The third kappa shape index (κ3) is 3.69. The summed E-state index contributed by atoms with van der Waals surface area (Å²) in [6, 6.07) is 7.61. The summed E-state index contributed by atoms with van der Waals surface area (Å²) in [5.74, 6) is -0.0687. The summed E-state index contributed by atoms with van der Waals surface area (Å²) in [6.45, 7) is 0.729. The number of hydrogen-bond donors (Lipinski definition) is 2. The van der Waals surface area contributed by atoms with Crippen LogP contribution in [0.25, 0.3) is 0 Å². The van der Waals surface area contributed by atoms with Gasteiger partial charge in [0.15, 0.2) is 0 Å². The zero-order valence-corrected chi connectivity index (χ0v) is 13.0. The van der Waals surface area contributed by atoms with Crippen LogP contribution in [-0.2, 0) is 10.2 Å². The molecule has 0 atom stereocenters. The van der Waals surface area contributed by atoms with Gasteiger partial charge in [-0.3, -0.25) is 4.79 Å². The predicted molar refractivity (Wildman–Crippen MR) is 82.2 cm³/mol. The lowest BCUT2D eigenvalue weighted by atomic mass is 9.95. The maximum atomic E-state index is 12.0. The third-order valence-corrected chi connectivity index (χ3v) is 4.12. The molecule has 1 aromatic carbocycles. The number of aliphatic carboxylic acids is 1. The van der Waals surface area contributed by atoms with Crippen molar-refractivity contribution in [3.63, 3.8) is 0 Å². The van der Waals surface area contributed by atoms with Gasteiger partial charge in [0.2, 0.25) is 0 Å². The second-order valence-corrected chi connectivity index (χ2v) is 5.70. The fourth-order valence-corrected chi connectivity index (χ4v) is 2.52. The first-order valence-corrected chi connectivity index (χ1v) is 7.33. The van der Waals surface area contributed by atoms with E-state index >= 15 is 0 Å². The van der Waals surface area contributed by atoms with E-state index in [1.54, 1.807) is 14.2 Å². The number of carbonyl (C=O) groups is 2. The van der Waals surface area contributed by atoms with Crippen molar-refractivity contribution in [1.29, 1.82) is 0 Å². The monoisotopic (exact) mass is 306 g/mol. The maximum Gasteiger partial charge on any atom is 0.317 e. The molecule has 0 radical (unpaired) electrons. The van der Waals surface area contributed by atoms with Crippen molar-refractivity contribution < 1.29 is 19.4 Å². The van der Waals surface area contributed by atoms with Gasteiger partial charge in [-0.05, 0) is 18.9 Å². The molecule has 1 aliphatic carbocycles. The van der Waals surface area contributed by atoms with Crippen molar-refractivity contribution in [3.8, 4) is 5.75 Å². The molecule has 120 valence electrons. The second kappa shape index (κ2) is 6.68. The van der Waals surface area contributed by atoms with Crippen LogP contribution in [0.5, 0.6) is 5.75 Å². The molecule has 0 aliphatic heterocycles. The highest BCUT2D eigenvalue weighted by molar-refractivity contribution is 5.75. The third-order valence-electron chi connectivity index (χ3n) is 4.12. The Morgan fingerprint density at radius 2 is 2.05 bits per heavy atom. The van der Waals surface area contributed by atoms with Crippen LogP contribution in [0, 0.1) is 0 Å². The van der Waals surface area contributed by atoms with Crippen molar-refractivity contribution in [2.24, 2.45) is 0 Å². The molecule has 1 saturated carbocycles. The van der Waals surface area contributed by atoms with Crippen LogP contribution in [0.2, 0.25) is 0 Å². The standard InChI is InChI=1S/C16H22N2O4/c1-18(10-7-14(19)20)15(21)17-11-16(8-9-16)12-5-3-4-6-13(12)22-2/h3-6H,7-11H2,1-2H3,(H,17,21)(H,19,20). The topological polar surface area (TPSA) is 78.9 Å². The van der Waals surface area contributed by atoms with E-state index in [9.17, 15) is 9.59 Å². The molecule has 0 unspecified atom stereocenters. The zero-order valence-electron chi connectivity index (χ0n) is 13.0. The molecule has 2 rings (SSSR count). The van der Waals surface area contributed by atoms with E-state index in [0.29, 0.717) is 6.54 Å². The Kier molecular flexibility index (Phi) is 4.90. The minimum absolute atomic E-state index is 0.0540. The van der Waals surface area contributed by atoms with E-state index in [2.05, 4.69) is 5.32 Å². The number of rotatable bonds is 7. The van der Waals surface area contributed by atoms with Crippen molar-refractivity contribution in [2.75, 3.05) is 27.2 Å². The Morgan fingerprint density at radius 3 is 2.64 bits per heavy atom. The summed E-state index contributed by atoms with van der Waals surface area (Å²) < 4.78 is 5.40. The Labute approximate surface area is 130 Å². The first-order chi connectivity index (χ1) is 10.5. The quantitative estimate of drug-likeness (QED) is 0.805. The number of carboxylic acid groups (broad SMARTS) is 1. The molecule has 6 heteroatoms. The molecule has 1 aromatic rings. The summed E-state index contributed by atoms with van der Waals surface area (Å²) in [7, 11) is 3.24. The summed E-state index contributed by atoms with van der Waals surface area (Å²) >= 11 is 0. The van der Waals surface area contributed by atoms with E-state index in [1.807, 2.05) is 24.3 Å². The number of nitrogens with zero attached hydrogens (tertiary/aromatic N) is 1. The van der Waals surface area contributed by atoms with Gasteiger partial charge in [0.25, 0.3) is 0 Å². The SMILES string of the molecule is COc1ccccc1C1(CNC(=O)N(C)CCC(=O)O)CC1. The highest BCUT2D eigenvalue weighted by atomic mass is 16.5. The van der Waals surface area contributed by atoms with Gasteiger partial charge in [-0.1, -0.05) is 18.2 Å². The molecular formula is C16H22N2O4. The number of hydrogen-bond acceptors (Lipinski definition) is 3. The van der Waals surface area contributed by atoms with Gasteiger partial charge in [0.1, 0.15) is 5.75 Å². The molecule has 1 aliphatic rings. The molecule has 0 aromatic heterocycles. The second-order valence-electron chi connectivity index (χ2n) is 5.70. The van der Waals surface area contributed by atoms with Crippen LogP contribution in [-0.4, -0.2) is 49.3 Å². The van der Waals surface area contributed by atoms with Gasteiger partial charge in [-0.15, -0.1) is 0 Å². The number of carbonyl (C=O) groups excluding carboxylic acids is 1. The van der Waals surface area contributed by atoms with Crippen molar-refractivity contribution in [2.45, 2.75) is 24.7 Å². The first-order valence-electron chi connectivity index (χ1n) is 7.33. The van der Waals surface area contributed by atoms with Gasteiger partial charge in [0, 0.05) is 31.1 Å². The lowest BCUT2D eigenvalue weighted by Crippen LogP contribution is -2.41. The number of amides is 2. The Hall–Kier alpha value is -2.24. The highest BCUT2D eigenvalue weighted by Crippen LogP contribution is 2.50. The number of methoxy groups -OCH3 is 1. The van der Waals surface area contributed by atoms with Crippen LogP contribution in [0.3, 0.4) is 0 Å². The van der Waals surface area contributed by atoms with Crippen LogP contribution in [0.15, 0.2) is 24.3 Å². The zero-order chi connectivity index (χ0) is 16.2. The maximum absolute atomic E-state index is 12.0. The molecule has 22 heavy (non-hydrogen) atoms. The van der Waals surface area contributed by atoms with Gasteiger partial charge in [-0.25, -0.2) is 4.79 Å². The lowest BCUT2D eigenvalue weighted by molar-refractivity contribution is -0.137. The number of nitrogens with one attached hydrogen (secondary N) is 1. The Morgan fingerprint density at radius 1 is 1.36 bits per heavy atom. The average Bonchev–Trinajstić information content (AvgIpc) is 3.31. The van der Waals surface area contributed by atoms with E-state index < -0.39 is 5.97 Å². The minimum atomic E-state index is -0.910. The van der Waals surface area contributed by atoms with Crippen molar-refractivity contribution >= 4 is 12.0 Å². The lowest BCUT2D eigenvalue weighted by Gasteiger charge is -2.22. The van der Waals surface area contributed by atoms with Crippen LogP contribution in [0.4, 0.5) is 4.79 Å². The average molecular weight is 306 g/mol. The molecule has 0 bridgehead atoms. The van der Waals surface area contributed by atoms with Crippen LogP contribution in [0.1, 0.15) is 24.8 Å². The minimum Gasteiger partial charge on any atom is -0.496 e. The first kappa shape index (κ1) is 16.1. The largest absolute Gasteiger partial charge is 0.496 e. The smallest absolute Gasteiger partial charge is 0.317 e. The van der Waals surface area contributed by atoms with Gasteiger partial charge >= 0.3 is 12.0 Å². The molecule has 6 nitrogen and oxygen atoms in total. The van der Waals surface area contributed by atoms with Crippen molar-refractivity contribution in [1.82, 2.24) is 10.2 Å². The molecular weight excluding hydrogens is 284 g/mol. The van der Waals surface area contributed by atoms with E-state index in [0.717, 1.165) is 24.2 Å². The summed E-state index contributed by atoms with van der Waals surface area (Å²) in [5, 5.41) is 11.5. The fraction of sp³-hybridized carbons (Fsp3) is 0.500. The van der Waals surface area contributed by atoms with Crippen molar-refractivity contribution in [3.05, 3.63) is 29.8 Å². The van der Waals surface area contributed by atoms with Crippen LogP contribution >= 0.6 is 0 Å². The normalized spacial score (nSPS) is 15.0. The summed E-state index contributed by atoms with van der Waals surface area (Å²) in [5.41, 5.74) is 1.06. The highest BCUT2D eigenvalue weighted by Gasteiger charge is 2.46. The fourth-order valence-electron chi connectivity index (χ4n) is 2.52. The number of ether oxygens (including phenoxy) is 1. The van der Waals surface area contributed by atoms with E-state index in [4.69, 9.17) is 9.84 Å². The van der Waals surface area contributed by atoms with E-state index in [1.165, 1.54) is 4.90 Å². The van der Waals surface area contributed by atoms with Gasteiger partial charge < -0.3 is 20.1 Å². The van der Waals surface area contributed by atoms with Crippen LogP contribution < -0.4 is 10.1 Å². The molecule has 0 heterocycles. The number of carboxylic acids is 1. The number of urea groups is 1. The van der Waals surface area contributed by atoms with Gasteiger partial charge in [0.05, 0.1) is 13.5 Å². The molecule has 2 N–H and O–H groups in total. The molecule has 1 fully saturated rings. The predicted octanol–water partition coefficient (Wildman–Crippen LogP) is 1.84. The molecule has 2 amide bonds.